The molecule has 9 nitrogen and oxygen atoms in total. The first kappa shape index (κ1) is 27.7. The number of non-ortho nitro benzene ring substituents is 1. The van der Waals surface area contributed by atoms with Gasteiger partial charge in [-0.25, -0.2) is 4.90 Å². The third-order valence-electron chi connectivity index (χ3n) is 8.17. The number of imide groups is 1. The number of anilines is 1. The molecule has 3 aliphatic rings. The molecular weight excluding hydrogens is 512 g/mol. The number of phenols is 1. The number of hydrogen-bond acceptors (Lipinski definition) is 7. The van der Waals surface area contributed by atoms with Crippen LogP contribution in [0.1, 0.15) is 44.6 Å². The predicted octanol–water partition coefficient (Wildman–Crippen LogP) is 5.43. The van der Waals surface area contributed by atoms with E-state index in [1.807, 2.05) is 12.1 Å². The van der Waals surface area contributed by atoms with Gasteiger partial charge >= 0.3 is 0 Å². The zero-order valence-corrected chi connectivity index (χ0v) is 22.7. The molecule has 2 aromatic carbocycles. The minimum atomic E-state index is -0.565. The van der Waals surface area contributed by atoms with Crippen molar-refractivity contribution in [2.75, 3.05) is 25.2 Å². The number of nitrogens with zero attached hydrogens (tertiary/aromatic N) is 2. The number of amides is 2. The van der Waals surface area contributed by atoms with Crippen molar-refractivity contribution in [2.45, 2.75) is 45.1 Å². The number of nitro benzene ring substituents is 1. The number of allylic oxidation sites excluding steroid dienone is 1. The van der Waals surface area contributed by atoms with E-state index in [2.05, 4.69) is 13.0 Å². The van der Waals surface area contributed by atoms with Crippen molar-refractivity contribution in [2.24, 2.45) is 17.8 Å². The Kier molecular flexibility index (Phi) is 8.14. The highest BCUT2D eigenvalue weighted by Crippen LogP contribution is 2.50. The Morgan fingerprint density at radius 3 is 2.67 bits per heavy atom. The fourth-order valence-corrected chi connectivity index (χ4v) is 6.54. The number of hydrogen-bond donors (Lipinski definition) is 1. The standard InChI is InChI=1S/C31H34N2O7/c1-3-6-19(13-20-7-4-10-24(34)14-20)11-12-27-28-21(17-39-2)15-25-29(26(28)18-40-27)31(36)32(30(25)35)22-8-5-9-23(16-22)33(37)38/h4-5,7-10,13-14,16,25-27,29,34H,3,6,11-12,15,17-18H2,1-2H3/b19-13+/t25-,26+,27-,29-/m1/s1. The molecule has 2 fully saturated rings. The van der Waals surface area contributed by atoms with Crippen LogP contribution in [0.3, 0.4) is 0 Å². The Morgan fingerprint density at radius 1 is 1.15 bits per heavy atom. The van der Waals surface area contributed by atoms with Crippen molar-refractivity contribution in [1.82, 2.24) is 0 Å². The van der Waals surface area contributed by atoms with Gasteiger partial charge in [-0.3, -0.25) is 19.7 Å². The molecule has 9 heteroatoms. The van der Waals surface area contributed by atoms with Gasteiger partial charge in [-0.05, 0) is 60.6 Å². The van der Waals surface area contributed by atoms with Gasteiger partial charge in [-0.15, -0.1) is 0 Å². The maximum absolute atomic E-state index is 13.7. The van der Waals surface area contributed by atoms with Crippen LogP contribution in [0.25, 0.3) is 6.08 Å². The summed E-state index contributed by atoms with van der Waals surface area (Å²) in [6.07, 6.45) is 5.78. The molecular formula is C31H34N2O7. The number of carbonyl (C=O) groups is 2. The third kappa shape index (κ3) is 5.31. The van der Waals surface area contributed by atoms with Gasteiger partial charge in [0.25, 0.3) is 5.69 Å². The molecule has 210 valence electrons. The normalized spacial score (nSPS) is 24.4. The van der Waals surface area contributed by atoms with Crippen LogP contribution in [0.4, 0.5) is 11.4 Å². The van der Waals surface area contributed by atoms with E-state index >= 15 is 0 Å². The minimum absolute atomic E-state index is 0.169. The number of carbonyl (C=O) groups excluding carboxylic acids is 2. The molecule has 2 saturated heterocycles. The number of methoxy groups -OCH3 is 1. The van der Waals surface area contributed by atoms with E-state index in [-0.39, 0.29) is 41.0 Å². The molecule has 2 aromatic rings. The Labute approximate surface area is 233 Å². The molecule has 4 atom stereocenters. The Morgan fingerprint density at radius 2 is 1.95 bits per heavy atom. The molecule has 0 spiro atoms. The van der Waals surface area contributed by atoms with E-state index in [0.29, 0.717) is 19.6 Å². The molecule has 0 radical (unpaired) electrons. The molecule has 1 N–H and O–H groups in total. The van der Waals surface area contributed by atoms with Gasteiger partial charge in [0.15, 0.2) is 0 Å². The number of fused-ring (bicyclic) bond motifs is 3. The number of nitro groups is 1. The maximum Gasteiger partial charge on any atom is 0.271 e. The molecule has 2 amide bonds. The molecule has 0 saturated carbocycles. The summed E-state index contributed by atoms with van der Waals surface area (Å²) >= 11 is 0. The highest BCUT2D eigenvalue weighted by Gasteiger charge is 2.57. The first-order chi connectivity index (χ1) is 19.3. The van der Waals surface area contributed by atoms with Crippen LogP contribution in [0.15, 0.2) is 65.3 Å². The number of ether oxygens (including phenoxy) is 2. The number of benzene rings is 2. The lowest BCUT2D eigenvalue weighted by atomic mass is 9.69. The van der Waals surface area contributed by atoms with Crippen LogP contribution < -0.4 is 4.90 Å². The zero-order valence-electron chi connectivity index (χ0n) is 22.7. The lowest BCUT2D eigenvalue weighted by Crippen LogP contribution is -2.35. The topological polar surface area (TPSA) is 119 Å². The number of phenolic OH excluding ortho intramolecular Hbond substituents is 1. The largest absolute Gasteiger partial charge is 0.508 e. The van der Waals surface area contributed by atoms with Crippen molar-refractivity contribution in [3.8, 4) is 5.75 Å². The Bertz CT molecular complexity index is 1380. The summed E-state index contributed by atoms with van der Waals surface area (Å²) in [6, 6.07) is 12.9. The first-order valence-corrected chi connectivity index (χ1v) is 13.8. The fraction of sp³-hybridized carbons (Fsp3) is 0.419. The Hall–Kier alpha value is -3.82. The van der Waals surface area contributed by atoms with Crippen LogP contribution in [0, 0.1) is 27.9 Å². The molecule has 1 aliphatic carbocycles. The summed E-state index contributed by atoms with van der Waals surface area (Å²) in [5.41, 5.74) is 4.34. The van der Waals surface area contributed by atoms with E-state index in [0.717, 1.165) is 47.3 Å². The second-order valence-electron chi connectivity index (χ2n) is 10.7. The van der Waals surface area contributed by atoms with Gasteiger partial charge < -0.3 is 14.6 Å². The summed E-state index contributed by atoms with van der Waals surface area (Å²) in [6.45, 7) is 2.83. The average Bonchev–Trinajstić information content (AvgIpc) is 3.46. The van der Waals surface area contributed by atoms with Crippen LogP contribution in [0.2, 0.25) is 0 Å². The number of rotatable bonds is 10. The molecule has 0 aromatic heterocycles. The third-order valence-corrected chi connectivity index (χ3v) is 8.17. The second-order valence-corrected chi connectivity index (χ2v) is 10.7. The molecule has 0 unspecified atom stereocenters. The molecule has 2 heterocycles. The fourth-order valence-electron chi connectivity index (χ4n) is 6.54. The zero-order chi connectivity index (χ0) is 28.4. The molecule has 0 bridgehead atoms. The lowest BCUT2D eigenvalue weighted by molar-refractivity contribution is -0.384. The van der Waals surface area contributed by atoms with Gasteiger partial charge in [-0.2, -0.15) is 0 Å². The highest BCUT2D eigenvalue weighted by molar-refractivity contribution is 6.22. The number of aromatic hydroxyl groups is 1. The summed E-state index contributed by atoms with van der Waals surface area (Å²) in [5, 5.41) is 21.2. The van der Waals surface area contributed by atoms with Gasteiger partial charge in [0, 0.05) is 25.2 Å². The van der Waals surface area contributed by atoms with E-state index in [9.17, 15) is 24.8 Å². The van der Waals surface area contributed by atoms with Crippen molar-refractivity contribution < 1.29 is 29.1 Å². The quantitative estimate of drug-likeness (QED) is 0.183. The first-order valence-electron chi connectivity index (χ1n) is 13.8. The summed E-state index contributed by atoms with van der Waals surface area (Å²) in [5.74, 6) is -1.77. The molecule has 40 heavy (non-hydrogen) atoms. The van der Waals surface area contributed by atoms with Gasteiger partial charge in [-0.1, -0.05) is 43.2 Å². The van der Waals surface area contributed by atoms with Crippen LogP contribution in [-0.4, -0.2) is 48.3 Å². The van der Waals surface area contributed by atoms with Crippen molar-refractivity contribution >= 4 is 29.3 Å². The SMILES string of the molecule is CCC/C(=C\c1cccc(O)c1)CC[C@H]1OC[C@H]2C1=C(COC)C[C@H]1C(=O)N(c3cccc([N+](=O)[O-])c3)C(=O)[C@H]12. The summed E-state index contributed by atoms with van der Waals surface area (Å²) < 4.78 is 11.8. The summed E-state index contributed by atoms with van der Waals surface area (Å²) in [7, 11) is 1.62. The van der Waals surface area contributed by atoms with Gasteiger partial charge in [0.1, 0.15) is 5.75 Å². The van der Waals surface area contributed by atoms with Gasteiger partial charge in [0.2, 0.25) is 11.8 Å². The van der Waals surface area contributed by atoms with Crippen molar-refractivity contribution in [3.05, 3.63) is 80.9 Å². The minimum Gasteiger partial charge on any atom is -0.508 e. The lowest BCUT2D eigenvalue weighted by Gasteiger charge is -2.31. The van der Waals surface area contributed by atoms with Crippen molar-refractivity contribution in [1.29, 1.82) is 0 Å². The smallest absolute Gasteiger partial charge is 0.271 e. The molecule has 2 aliphatic heterocycles. The highest BCUT2D eigenvalue weighted by atomic mass is 16.6. The monoisotopic (exact) mass is 546 g/mol. The predicted molar refractivity (Wildman–Crippen MR) is 150 cm³/mol. The molecule has 5 rings (SSSR count). The van der Waals surface area contributed by atoms with Crippen LogP contribution in [0.5, 0.6) is 5.75 Å². The van der Waals surface area contributed by atoms with Gasteiger partial charge in [0.05, 0.1) is 41.8 Å². The van der Waals surface area contributed by atoms with E-state index in [1.165, 1.54) is 23.8 Å². The maximum atomic E-state index is 13.7. The van der Waals surface area contributed by atoms with Crippen LogP contribution >= 0.6 is 0 Å². The van der Waals surface area contributed by atoms with Crippen molar-refractivity contribution in [3.63, 3.8) is 0 Å². The summed E-state index contributed by atoms with van der Waals surface area (Å²) in [4.78, 5) is 39.2. The van der Waals surface area contributed by atoms with E-state index in [4.69, 9.17) is 9.47 Å². The average molecular weight is 547 g/mol. The Balaban J connectivity index is 1.39. The van der Waals surface area contributed by atoms with E-state index in [1.54, 1.807) is 25.3 Å². The van der Waals surface area contributed by atoms with E-state index < -0.39 is 16.8 Å². The second kappa shape index (κ2) is 11.7. The van der Waals surface area contributed by atoms with Crippen LogP contribution in [-0.2, 0) is 19.1 Å².